The number of alkyl halides is 3. The minimum absolute atomic E-state index is 0.0595. The average Bonchev–Trinajstić information content (AvgIpc) is 2.45. The van der Waals surface area contributed by atoms with Crippen molar-refractivity contribution in [2.24, 2.45) is 5.73 Å². The molecule has 0 spiro atoms. The van der Waals surface area contributed by atoms with E-state index in [1.165, 1.54) is 0 Å². The van der Waals surface area contributed by atoms with Crippen molar-refractivity contribution in [1.29, 1.82) is 0 Å². The van der Waals surface area contributed by atoms with E-state index in [-0.39, 0.29) is 28.0 Å². The zero-order valence-electron chi connectivity index (χ0n) is 11.8. The normalized spacial score (nSPS) is 11.3. The largest absolute Gasteiger partial charge is 0.450 e. The Kier molecular flexibility index (Phi) is 5.33. The monoisotopic (exact) mass is 400 g/mol. The number of nitrogens with one attached hydrogen (secondary N) is 1. The van der Waals surface area contributed by atoms with Crippen LogP contribution in [0.3, 0.4) is 0 Å². The fourth-order valence-corrected chi connectivity index (χ4v) is 2.07. The molecule has 2 rings (SSSR count). The zero-order valence-corrected chi connectivity index (χ0v) is 13.4. The molecule has 0 saturated heterocycles. The Hall–Kier alpha value is -2.20. The van der Waals surface area contributed by atoms with Crippen LogP contribution in [0.25, 0.3) is 0 Å². The first-order valence-electron chi connectivity index (χ1n) is 6.28. The SMILES string of the molecule is NC(=S)Nc1cc(Oc2c(F)cc(C(F)(F)F)cc2F)c(Cl)cc1F. The lowest BCUT2D eigenvalue weighted by atomic mass is 10.2. The van der Waals surface area contributed by atoms with Gasteiger partial charge in [-0.2, -0.15) is 13.2 Å². The van der Waals surface area contributed by atoms with Gasteiger partial charge in [-0.25, -0.2) is 13.2 Å². The summed E-state index contributed by atoms with van der Waals surface area (Å²) in [5.74, 6) is -5.69. The number of ether oxygens (including phenoxy) is 1. The summed E-state index contributed by atoms with van der Waals surface area (Å²) in [6.07, 6.45) is -4.94. The van der Waals surface area contributed by atoms with Crippen molar-refractivity contribution in [2.75, 3.05) is 5.32 Å². The molecule has 0 bridgehead atoms. The second-order valence-corrected chi connectivity index (χ2v) is 5.47. The van der Waals surface area contributed by atoms with Crippen LogP contribution in [0.15, 0.2) is 24.3 Å². The number of anilines is 1. The van der Waals surface area contributed by atoms with E-state index in [4.69, 9.17) is 22.1 Å². The van der Waals surface area contributed by atoms with Gasteiger partial charge in [0.25, 0.3) is 0 Å². The molecule has 3 nitrogen and oxygen atoms in total. The van der Waals surface area contributed by atoms with E-state index in [1.54, 1.807) is 0 Å². The van der Waals surface area contributed by atoms with Gasteiger partial charge in [0.1, 0.15) is 11.6 Å². The third kappa shape index (κ3) is 4.45. The molecule has 0 fully saturated rings. The standard InChI is InChI=1S/C14H7ClF6N2OS/c15-6-3-7(16)10(23-13(22)25)4-11(6)24-12-8(17)1-5(2-9(12)18)14(19,20)21/h1-4H,(H3,22,23,25). The number of rotatable bonds is 3. The lowest BCUT2D eigenvalue weighted by Crippen LogP contribution is -2.19. The summed E-state index contributed by atoms with van der Waals surface area (Å²) < 4.78 is 83.7. The van der Waals surface area contributed by atoms with Gasteiger partial charge >= 0.3 is 6.18 Å². The molecular weight excluding hydrogens is 394 g/mol. The maximum atomic E-state index is 13.8. The highest BCUT2D eigenvalue weighted by atomic mass is 35.5. The van der Waals surface area contributed by atoms with Gasteiger partial charge in [0.15, 0.2) is 22.5 Å². The van der Waals surface area contributed by atoms with Gasteiger partial charge in [0.2, 0.25) is 0 Å². The van der Waals surface area contributed by atoms with Gasteiger partial charge in [-0.15, -0.1) is 0 Å². The van der Waals surface area contributed by atoms with E-state index in [0.717, 1.165) is 12.1 Å². The predicted octanol–water partition coefficient (Wildman–Crippen LogP) is 5.22. The first kappa shape index (κ1) is 19.1. The van der Waals surface area contributed by atoms with Crippen LogP contribution in [0, 0.1) is 17.5 Å². The van der Waals surface area contributed by atoms with Gasteiger partial charge in [0.05, 0.1) is 16.3 Å². The molecular formula is C14H7ClF6N2OS. The third-order valence-electron chi connectivity index (χ3n) is 2.82. The van der Waals surface area contributed by atoms with Crippen LogP contribution in [0.1, 0.15) is 5.56 Å². The van der Waals surface area contributed by atoms with Crippen LogP contribution >= 0.6 is 23.8 Å². The number of hydrogen-bond donors (Lipinski definition) is 2. The first-order chi connectivity index (χ1) is 11.5. The number of hydrogen-bond acceptors (Lipinski definition) is 2. The van der Waals surface area contributed by atoms with E-state index in [9.17, 15) is 26.3 Å². The molecule has 0 amide bonds. The topological polar surface area (TPSA) is 47.3 Å². The van der Waals surface area contributed by atoms with Gasteiger partial charge in [-0.1, -0.05) is 11.6 Å². The number of benzene rings is 2. The zero-order chi connectivity index (χ0) is 18.9. The summed E-state index contributed by atoms with van der Waals surface area (Å²) in [7, 11) is 0. The smallest absolute Gasteiger partial charge is 0.416 e. The molecule has 3 N–H and O–H groups in total. The van der Waals surface area contributed by atoms with Crippen LogP contribution in [0.2, 0.25) is 5.02 Å². The Morgan fingerprint density at radius 3 is 2.08 bits per heavy atom. The molecule has 0 aromatic heterocycles. The summed E-state index contributed by atoms with van der Waals surface area (Å²) in [5.41, 5.74) is 3.36. The maximum Gasteiger partial charge on any atom is 0.416 e. The van der Waals surface area contributed by atoms with Gasteiger partial charge in [-0.3, -0.25) is 0 Å². The minimum atomic E-state index is -4.94. The molecule has 0 atom stereocenters. The molecule has 0 aliphatic heterocycles. The van der Waals surface area contributed by atoms with Crippen LogP contribution in [-0.4, -0.2) is 5.11 Å². The quantitative estimate of drug-likeness (QED) is 0.547. The van der Waals surface area contributed by atoms with Crippen molar-refractivity contribution in [3.8, 4) is 11.5 Å². The second kappa shape index (κ2) is 6.96. The molecule has 0 radical (unpaired) electrons. The number of nitrogens with two attached hydrogens (primary N) is 1. The summed E-state index contributed by atoms with van der Waals surface area (Å²) in [4.78, 5) is 0. The summed E-state index contributed by atoms with van der Waals surface area (Å²) >= 11 is 10.2. The van der Waals surface area contributed by atoms with Gasteiger partial charge < -0.3 is 15.8 Å². The van der Waals surface area contributed by atoms with Crippen molar-refractivity contribution < 1.29 is 31.1 Å². The highest BCUT2D eigenvalue weighted by molar-refractivity contribution is 7.80. The Morgan fingerprint density at radius 1 is 1.04 bits per heavy atom. The third-order valence-corrected chi connectivity index (χ3v) is 3.21. The molecule has 2 aromatic carbocycles. The Balaban J connectivity index is 2.45. The molecule has 0 saturated carbocycles. The Morgan fingerprint density at radius 2 is 1.60 bits per heavy atom. The Labute approximate surface area is 147 Å². The van der Waals surface area contributed by atoms with Crippen molar-refractivity contribution in [1.82, 2.24) is 0 Å². The summed E-state index contributed by atoms with van der Waals surface area (Å²) in [5, 5.41) is 1.55. The summed E-state index contributed by atoms with van der Waals surface area (Å²) in [6, 6.07) is 1.76. The average molecular weight is 401 g/mol. The lowest BCUT2D eigenvalue weighted by molar-refractivity contribution is -0.138. The molecule has 134 valence electrons. The fraction of sp³-hybridized carbons (Fsp3) is 0.0714. The highest BCUT2D eigenvalue weighted by Crippen LogP contribution is 2.38. The predicted molar refractivity (Wildman–Crippen MR) is 83.3 cm³/mol. The van der Waals surface area contributed by atoms with E-state index in [2.05, 4.69) is 17.5 Å². The molecule has 2 aromatic rings. The molecule has 25 heavy (non-hydrogen) atoms. The first-order valence-corrected chi connectivity index (χ1v) is 7.07. The Bertz CT molecular complexity index is 820. The fourth-order valence-electron chi connectivity index (χ4n) is 1.77. The molecule has 0 aliphatic carbocycles. The van der Waals surface area contributed by atoms with Crippen LogP contribution in [0.5, 0.6) is 11.5 Å². The van der Waals surface area contributed by atoms with E-state index in [0.29, 0.717) is 0 Å². The molecule has 11 heteroatoms. The van der Waals surface area contributed by atoms with Crippen molar-refractivity contribution in [3.05, 3.63) is 52.3 Å². The van der Waals surface area contributed by atoms with E-state index >= 15 is 0 Å². The summed E-state index contributed by atoms with van der Waals surface area (Å²) in [6.45, 7) is 0. The van der Waals surface area contributed by atoms with Gasteiger partial charge in [-0.05, 0) is 30.4 Å². The molecule has 0 heterocycles. The number of thiocarbonyl (C=S) groups is 1. The highest BCUT2D eigenvalue weighted by Gasteiger charge is 2.33. The van der Waals surface area contributed by atoms with Crippen molar-refractivity contribution in [2.45, 2.75) is 6.18 Å². The van der Waals surface area contributed by atoms with E-state index in [1.807, 2.05) is 0 Å². The van der Waals surface area contributed by atoms with Crippen molar-refractivity contribution >= 4 is 34.6 Å². The van der Waals surface area contributed by atoms with Crippen LogP contribution in [-0.2, 0) is 6.18 Å². The van der Waals surface area contributed by atoms with E-state index < -0.39 is 40.7 Å². The number of halogens is 7. The lowest BCUT2D eigenvalue weighted by Gasteiger charge is -2.14. The molecule has 0 unspecified atom stereocenters. The van der Waals surface area contributed by atoms with Gasteiger partial charge in [0, 0.05) is 6.07 Å². The van der Waals surface area contributed by atoms with Crippen LogP contribution < -0.4 is 15.8 Å². The minimum Gasteiger partial charge on any atom is -0.450 e. The second-order valence-electron chi connectivity index (χ2n) is 4.62. The maximum absolute atomic E-state index is 13.8. The van der Waals surface area contributed by atoms with Crippen LogP contribution in [0.4, 0.5) is 32.0 Å². The van der Waals surface area contributed by atoms with Crippen molar-refractivity contribution in [3.63, 3.8) is 0 Å². The molecule has 0 aliphatic rings.